The van der Waals surface area contributed by atoms with E-state index in [1.807, 2.05) is 0 Å². The minimum Gasteiger partial charge on any atom is -0.335 e. The molecule has 0 N–H and O–H groups in total. The molecule has 4 nitrogen and oxygen atoms in total. The van der Waals surface area contributed by atoms with Crippen LogP contribution in [0.25, 0.3) is 11.0 Å². The smallest absolute Gasteiger partial charge is 0.335 e. The highest BCUT2D eigenvalue weighted by atomic mass is 35.5. The van der Waals surface area contributed by atoms with E-state index < -0.39 is 40.8 Å². The van der Waals surface area contributed by atoms with Gasteiger partial charge in [0.05, 0.1) is 5.52 Å². The highest BCUT2D eigenvalue weighted by molar-refractivity contribution is 6.31. The van der Waals surface area contributed by atoms with Crippen molar-refractivity contribution in [2.75, 3.05) is 0 Å². The van der Waals surface area contributed by atoms with E-state index in [-0.39, 0.29) is 22.6 Å². The Balaban J connectivity index is 2.81. The molecule has 26 heavy (non-hydrogen) atoms. The Kier molecular flexibility index (Phi) is 5.15. The number of nitrogens with zero attached hydrogens (tertiary/aromatic N) is 2. The number of halogens is 8. The average molecular weight is 407 g/mol. The fourth-order valence-electron chi connectivity index (χ4n) is 2.10. The van der Waals surface area contributed by atoms with Gasteiger partial charge in [-0.2, -0.15) is 31.1 Å². The van der Waals surface area contributed by atoms with E-state index in [0.29, 0.717) is 0 Å². The van der Waals surface area contributed by atoms with E-state index in [1.165, 1.54) is 6.92 Å². The summed E-state index contributed by atoms with van der Waals surface area (Å²) in [6.45, 7) is 1.52. The van der Waals surface area contributed by atoms with Crippen molar-refractivity contribution >= 4 is 28.6 Å². The lowest BCUT2D eigenvalue weighted by Gasteiger charge is -2.29. The molecule has 0 saturated heterocycles. The van der Waals surface area contributed by atoms with E-state index in [0.717, 1.165) is 18.2 Å². The maximum absolute atomic E-state index is 14.4. The normalized spacial score (nSPS) is 13.3. The zero-order valence-corrected chi connectivity index (χ0v) is 13.6. The number of fused-ring (bicyclic) bond motifs is 1. The lowest BCUT2D eigenvalue weighted by molar-refractivity contribution is -0.353. The number of hydrogen-bond acceptors (Lipinski definition) is 3. The monoisotopic (exact) mass is 406 g/mol. The van der Waals surface area contributed by atoms with E-state index in [2.05, 4.69) is 9.82 Å². The molecule has 144 valence electrons. The van der Waals surface area contributed by atoms with Crippen LogP contribution in [0.5, 0.6) is 0 Å². The van der Waals surface area contributed by atoms with Crippen LogP contribution in [0.3, 0.4) is 0 Å². The van der Waals surface area contributed by atoms with Gasteiger partial charge in [0.2, 0.25) is 5.82 Å². The van der Waals surface area contributed by atoms with Crippen molar-refractivity contribution < 1.29 is 40.4 Å². The molecule has 0 atom stereocenters. The van der Waals surface area contributed by atoms with Crippen LogP contribution < -0.4 is 4.84 Å². The highest BCUT2D eigenvalue weighted by Gasteiger charge is 2.76. The van der Waals surface area contributed by atoms with E-state index in [1.54, 1.807) is 0 Å². The molecule has 12 heteroatoms. The average Bonchev–Trinajstić information content (AvgIpc) is 2.82. The highest BCUT2D eigenvalue weighted by Crippen LogP contribution is 2.53. The van der Waals surface area contributed by atoms with Crippen LogP contribution >= 0.6 is 11.6 Å². The van der Waals surface area contributed by atoms with Gasteiger partial charge in [-0.25, -0.2) is 14.2 Å². The minimum atomic E-state index is -6.41. The van der Waals surface area contributed by atoms with Crippen LogP contribution in [-0.4, -0.2) is 28.0 Å². The van der Waals surface area contributed by atoms with Crippen LogP contribution in [-0.2, 0) is 10.5 Å². The quantitative estimate of drug-likeness (QED) is 0.689. The summed E-state index contributed by atoms with van der Waals surface area (Å²) in [6, 6.07) is 3.00. The first-order valence-corrected chi connectivity index (χ1v) is 7.42. The Morgan fingerprint density at radius 1 is 1.15 bits per heavy atom. The summed E-state index contributed by atoms with van der Waals surface area (Å²) in [5.74, 6) is -3.33. The number of carbonyl (C=O) groups excluding carboxylic acids is 1. The molecule has 0 bridgehead atoms. The van der Waals surface area contributed by atoms with Crippen molar-refractivity contribution in [3.05, 3.63) is 29.0 Å². The third kappa shape index (κ3) is 3.31. The molecule has 0 spiro atoms. The van der Waals surface area contributed by atoms with Crippen molar-refractivity contribution in [3.8, 4) is 0 Å². The van der Waals surface area contributed by atoms with Crippen LogP contribution in [0.15, 0.2) is 18.2 Å². The third-order valence-corrected chi connectivity index (χ3v) is 3.55. The molecular weight excluding hydrogens is 397 g/mol. The predicted octanol–water partition coefficient (Wildman–Crippen LogP) is 4.73. The second-order valence-electron chi connectivity index (χ2n) is 5.23. The maximum Gasteiger partial charge on any atom is 0.439 e. The van der Waals surface area contributed by atoms with E-state index in [9.17, 15) is 35.5 Å². The molecule has 2 aromatic rings. The largest absolute Gasteiger partial charge is 0.439 e. The van der Waals surface area contributed by atoms with Gasteiger partial charge >= 0.3 is 24.0 Å². The first-order valence-electron chi connectivity index (χ1n) is 7.05. The van der Waals surface area contributed by atoms with Crippen molar-refractivity contribution in [2.45, 2.75) is 37.8 Å². The SMILES string of the molecule is CCCC(=O)On1c(C(F)(C(F)(F)F)C(F)(F)F)nc2ccc(Cl)cc21. The molecule has 0 fully saturated rings. The van der Waals surface area contributed by atoms with Crippen molar-refractivity contribution in [1.29, 1.82) is 0 Å². The van der Waals surface area contributed by atoms with Gasteiger partial charge in [0.1, 0.15) is 5.52 Å². The molecule has 1 aromatic carbocycles. The van der Waals surface area contributed by atoms with Crippen LogP contribution in [0.2, 0.25) is 5.02 Å². The molecule has 0 saturated carbocycles. The van der Waals surface area contributed by atoms with Gasteiger partial charge in [0, 0.05) is 11.4 Å². The standard InChI is InChI=1S/C14H10ClF7N2O2/c1-2-3-10(25)26-24-9-6-7(15)4-5-8(9)23-11(24)12(16,13(17,18)19)14(20,21)22/h4-6H,2-3H2,1H3. The number of aromatic nitrogens is 2. The van der Waals surface area contributed by atoms with Crippen molar-refractivity contribution in [3.63, 3.8) is 0 Å². The molecule has 0 aliphatic rings. The van der Waals surface area contributed by atoms with E-state index in [4.69, 9.17) is 11.6 Å². The van der Waals surface area contributed by atoms with Gasteiger partial charge in [0.15, 0.2) is 0 Å². The topological polar surface area (TPSA) is 44.1 Å². The number of benzene rings is 1. The van der Waals surface area contributed by atoms with Crippen LogP contribution in [0, 0.1) is 0 Å². The van der Waals surface area contributed by atoms with Gasteiger partial charge in [-0.05, 0) is 24.6 Å². The minimum absolute atomic E-state index is 0.0970. The molecule has 1 aromatic heterocycles. The Labute approximate surface area is 146 Å². The number of imidazole rings is 1. The van der Waals surface area contributed by atoms with Crippen molar-refractivity contribution in [2.24, 2.45) is 0 Å². The van der Waals surface area contributed by atoms with Gasteiger partial charge in [-0.1, -0.05) is 18.5 Å². The Bertz CT molecular complexity index is 815. The fraction of sp³-hybridized carbons (Fsp3) is 0.429. The van der Waals surface area contributed by atoms with Gasteiger partial charge in [0.25, 0.3) is 0 Å². The van der Waals surface area contributed by atoms with Gasteiger partial charge in [-0.15, -0.1) is 0 Å². The Morgan fingerprint density at radius 2 is 1.73 bits per heavy atom. The third-order valence-electron chi connectivity index (χ3n) is 3.31. The summed E-state index contributed by atoms with van der Waals surface area (Å²) in [5, 5.41) is -0.0970. The summed E-state index contributed by atoms with van der Waals surface area (Å²) in [4.78, 5) is 19.3. The number of hydrogen-bond donors (Lipinski definition) is 0. The molecule has 0 unspecified atom stereocenters. The lowest BCUT2D eigenvalue weighted by Crippen LogP contribution is -2.52. The number of carbonyl (C=O) groups is 1. The summed E-state index contributed by atoms with van der Waals surface area (Å²) < 4.78 is 92.5. The molecule has 0 aliphatic carbocycles. The first kappa shape index (κ1) is 20.3. The van der Waals surface area contributed by atoms with Crippen molar-refractivity contribution in [1.82, 2.24) is 9.71 Å². The molecule has 2 rings (SSSR count). The Hall–Kier alpha value is -2.04. The van der Waals surface area contributed by atoms with Crippen LogP contribution in [0.1, 0.15) is 25.6 Å². The molecular formula is C14H10ClF7N2O2. The molecule has 0 aliphatic heterocycles. The summed E-state index contributed by atoms with van der Waals surface area (Å²) in [5.41, 5.74) is -6.85. The lowest BCUT2D eigenvalue weighted by atomic mass is 10.0. The number of rotatable bonds is 4. The van der Waals surface area contributed by atoms with Crippen LogP contribution in [0.4, 0.5) is 30.7 Å². The first-order chi connectivity index (χ1) is 11.8. The van der Waals surface area contributed by atoms with Gasteiger partial charge < -0.3 is 4.84 Å². The zero-order valence-electron chi connectivity index (χ0n) is 12.9. The number of alkyl halides is 7. The summed E-state index contributed by atoms with van der Waals surface area (Å²) in [6.07, 6.45) is -12.9. The summed E-state index contributed by atoms with van der Waals surface area (Å²) in [7, 11) is 0. The molecule has 0 amide bonds. The molecule has 0 radical (unpaired) electrons. The zero-order chi connectivity index (χ0) is 19.9. The van der Waals surface area contributed by atoms with Gasteiger partial charge in [-0.3, -0.25) is 0 Å². The molecule has 1 heterocycles. The van der Waals surface area contributed by atoms with E-state index >= 15 is 0 Å². The predicted molar refractivity (Wildman–Crippen MR) is 76.1 cm³/mol. The Morgan fingerprint density at radius 3 is 2.23 bits per heavy atom. The fourth-order valence-corrected chi connectivity index (χ4v) is 2.27. The maximum atomic E-state index is 14.4. The second kappa shape index (κ2) is 6.60. The summed E-state index contributed by atoms with van der Waals surface area (Å²) >= 11 is 5.67. The second-order valence-corrected chi connectivity index (χ2v) is 5.67.